The second-order valence-electron chi connectivity index (χ2n) is 8.55. The second-order valence-corrected chi connectivity index (χ2v) is 8.55. The Morgan fingerprint density at radius 3 is 2.50 bits per heavy atom. The number of aromatic nitrogens is 1. The van der Waals surface area contributed by atoms with Gasteiger partial charge in [0.15, 0.2) is 0 Å². The van der Waals surface area contributed by atoms with Crippen LogP contribution in [-0.2, 0) is 16.1 Å². The van der Waals surface area contributed by atoms with Crippen molar-refractivity contribution in [2.24, 2.45) is 11.8 Å². The molecule has 0 radical (unpaired) electrons. The fraction of sp³-hybridized carbons (Fsp3) is 0.520. The minimum Gasteiger partial charge on any atom is -0.462 e. The van der Waals surface area contributed by atoms with Gasteiger partial charge in [-0.1, -0.05) is 57.0 Å². The summed E-state index contributed by atoms with van der Waals surface area (Å²) in [5.74, 6) is 0.749. The van der Waals surface area contributed by atoms with E-state index in [1.165, 1.54) is 6.42 Å². The zero-order chi connectivity index (χ0) is 21.8. The van der Waals surface area contributed by atoms with E-state index in [-0.39, 0.29) is 24.5 Å². The van der Waals surface area contributed by atoms with Crippen LogP contribution in [0.5, 0.6) is 0 Å². The smallest absolute Gasteiger partial charge is 0.340 e. The van der Waals surface area contributed by atoms with E-state index in [0.29, 0.717) is 24.0 Å². The van der Waals surface area contributed by atoms with Crippen LogP contribution in [0.25, 0.3) is 11.3 Å². The lowest BCUT2D eigenvalue weighted by Gasteiger charge is -2.34. The van der Waals surface area contributed by atoms with Crippen LogP contribution in [0.1, 0.15) is 61.6 Å². The first-order valence-corrected chi connectivity index (χ1v) is 11.1. The van der Waals surface area contributed by atoms with Crippen LogP contribution in [0, 0.1) is 25.7 Å². The van der Waals surface area contributed by atoms with Gasteiger partial charge in [0.05, 0.1) is 17.9 Å². The molecule has 30 heavy (non-hydrogen) atoms. The highest BCUT2D eigenvalue weighted by Gasteiger charge is 2.29. The number of esters is 1. The predicted octanol–water partition coefficient (Wildman–Crippen LogP) is 4.89. The summed E-state index contributed by atoms with van der Waals surface area (Å²) in [5, 5.41) is 3.26. The zero-order valence-electron chi connectivity index (χ0n) is 18.8. The van der Waals surface area contributed by atoms with Gasteiger partial charge in [0.1, 0.15) is 6.54 Å². The molecule has 5 heteroatoms. The largest absolute Gasteiger partial charge is 0.462 e. The second kappa shape index (κ2) is 9.50. The van der Waals surface area contributed by atoms with Crippen LogP contribution in [0.4, 0.5) is 0 Å². The van der Waals surface area contributed by atoms with Crippen molar-refractivity contribution in [3.05, 3.63) is 47.2 Å². The number of nitrogens with one attached hydrogen (secondary N) is 1. The Morgan fingerprint density at radius 2 is 1.83 bits per heavy atom. The molecule has 1 heterocycles. The molecular formula is C25H34N2O3. The van der Waals surface area contributed by atoms with Gasteiger partial charge in [-0.25, -0.2) is 4.79 Å². The average molecular weight is 411 g/mol. The molecule has 0 unspecified atom stereocenters. The van der Waals surface area contributed by atoms with Crippen molar-refractivity contribution >= 4 is 11.9 Å². The lowest BCUT2D eigenvalue weighted by molar-refractivity contribution is -0.123. The maximum atomic E-state index is 13.0. The first-order valence-electron chi connectivity index (χ1n) is 11.1. The molecule has 3 rings (SSSR count). The molecule has 1 amide bonds. The molecule has 0 bridgehead atoms. The molecule has 0 spiro atoms. The third-order valence-corrected chi connectivity index (χ3v) is 6.65. The van der Waals surface area contributed by atoms with Crippen LogP contribution < -0.4 is 5.32 Å². The highest BCUT2D eigenvalue weighted by atomic mass is 16.5. The molecule has 1 saturated carbocycles. The summed E-state index contributed by atoms with van der Waals surface area (Å²) in [6.45, 7) is 10.6. The molecule has 1 aliphatic carbocycles. The minimum absolute atomic E-state index is 0.00774. The van der Waals surface area contributed by atoms with Crippen LogP contribution in [0.3, 0.4) is 0 Å². The molecule has 1 fully saturated rings. The standard InChI is InChI=1S/C25H34N2O3/c1-6-30-25(29)23-18(4)24(20-12-8-7-9-13-20)27(19(23)5)15-22(28)26-21-14-10-11-16(2)17(21)3/h7-9,12-13,16-17,21H,6,10-11,14-15H2,1-5H3,(H,26,28)/t16-,17-,21-/m0/s1. The Balaban J connectivity index is 1.93. The summed E-state index contributed by atoms with van der Waals surface area (Å²) in [6, 6.07) is 10.1. The average Bonchev–Trinajstić information content (AvgIpc) is 2.96. The van der Waals surface area contributed by atoms with Crippen molar-refractivity contribution in [3.63, 3.8) is 0 Å². The SMILES string of the molecule is CCOC(=O)c1c(C)c(-c2ccccc2)n(CC(=O)N[C@H]2CCC[C@H](C)[C@@H]2C)c1C. The van der Waals surface area contributed by atoms with Crippen LogP contribution in [-0.4, -0.2) is 29.1 Å². The molecule has 0 aliphatic heterocycles. The molecule has 3 atom stereocenters. The van der Waals surface area contributed by atoms with Gasteiger partial charge in [-0.2, -0.15) is 0 Å². The zero-order valence-corrected chi connectivity index (χ0v) is 18.8. The van der Waals surface area contributed by atoms with E-state index in [1.54, 1.807) is 6.92 Å². The number of rotatable bonds is 6. The molecule has 0 saturated heterocycles. The number of amides is 1. The van der Waals surface area contributed by atoms with Crippen molar-refractivity contribution in [1.29, 1.82) is 0 Å². The maximum absolute atomic E-state index is 13.0. The molecule has 1 aromatic carbocycles. The lowest BCUT2D eigenvalue weighted by atomic mass is 9.78. The van der Waals surface area contributed by atoms with E-state index in [4.69, 9.17) is 4.74 Å². The van der Waals surface area contributed by atoms with Gasteiger partial charge in [0.25, 0.3) is 0 Å². The maximum Gasteiger partial charge on any atom is 0.340 e. The summed E-state index contributed by atoms with van der Waals surface area (Å²) < 4.78 is 7.25. The molecule has 1 N–H and O–H groups in total. The van der Waals surface area contributed by atoms with Crippen LogP contribution in [0.15, 0.2) is 30.3 Å². The van der Waals surface area contributed by atoms with Gasteiger partial charge in [0, 0.05) is 11.7 Å². The van der Waals surface area contributed by atoms with E-state index in [2.05, 4.69) is 19.2 Å². The van der Waals surface area contributed by atoms with E-state index < -0.39 is 0 Å². The van der Waals surface area contributed by atoms with Crippen molar-refractivity contribution in [2.45, 2.75) is 66.5 Å². The number of hydrogen-bond donors (Lipinski definition) is 1. The van der Waals surface area contributed by atoms with Gasteiger partial charge in [-0.3, -0.25) is 4.79 Å². The molecule has 162 valence electrons. The third kappa shape index (κ3) is 4.45. The summed E-state index contributed by atoms with van der Waals surface area (Å²) >= 11 is 0. The third-order valence-electron chi connectivity index (χ3n) is 6.65. The summed E-state index contributed by atoms with van der Waals surface area (Å²) in [5.41, 5.74) is 4.07. The Hall–Kier alpha value is -2.56. The molecule has 1 aromatic heterocycles. The normalized spacial score (nSPS) is 21.3. The molecule has 1 aliphatic rings. The Kier molecular flexibility index (Phi) is 7.01. The Labute approximate surface area is 179 Å². The number of carbonyl (C=O) groups excluding carboxylic acids is 2. The van der Waals surface area contributed by atoms with Crippen molar-refractivity contribution in [2.75, 3.05) is 6.61 Å². The topological polar surface area (TPSA) is 60.3 Å². The van der Waals surface area contributed by atoms with Gasteiger partial charge >= 0.3 is 5.97 Å². The minimum atomic E-state index is -0.335. The number of ether oxygens (including phenoxy) is 1. The Morgan fingerprint density at radius 1 is 1.13 bits per heavy atom. The quantitative estimate of drug-likeness (QED) is 0.690. The van der Waals surface area contributed by atoms with Crippen LogP contribution >= 0.6 is 0 Å². The first-order chi connectivity index (χ1) is 14.3. The number of carbonyl (C=O) groups is 2. The number of benzene rings is 1. The fourth-order valence-corrected chi connectivity index (χ4v) is 4.75. The summed E-state index contributed by atoms with van der Waals surface area (Å²) in [4.78, 5) is 25.7. The van der Waals surface area contributed by atoms with E-state index in [9.17, 15) is 9.59 Å². The van der Waals surface area contributed by atoms with E-state index in [0.717, 1.165) is 35.4 Å². The van der Waals surface area contributed by atoms with Crippen LogP contribution in [0.2, 0.25) is 0 Å². The number of nitrogens with zero attached hydrogens (tertiary/aromatic N) is 1. The molecular weight excluding hydrogens is 376 g/mol. The fourth-order valence-electron chi connectivity index (χ4n) is 4.75. The summed E-state index contributed by atoms with van der Waals surface area (Å²) in [6.07, 6.45) is 3.41. The monoisotopic (exact) mass is 410 g/mol. The van der Waals surface area contributed by atoms with Crippen molar-refractivity contribution < 1.29 is 14.3 Å². The molecule has 2 aromatic rings. The Bertz CT molecular complexity index is 901. The van der Waals surface area contributed by atoms with E-state index in [1.807, 2.05) is 48.7 Å². The van der Waals surface area contributed by atoms with Crippen molar-refractivity contribution in [3.8, 4) is 11.3 Å². The predicted molar refractivity (Wildman–Crippen MR) is 119 cm³/mol. The highest BCUT2D eigenvalue weighted by molar-refractivity contribution is 5.95. The highest BCUT2D eigenvalue weighted by Crippen LogP contribution is 2.32. The lowest BCUT2D eigenvalue weighted by Crippen LogP contribution is -2.44. The molecule has 5 nitrogen and oxygen atoms in total. The van der Waals surface area contributed by atoms with Gasteiger partial charge in [-0.05, 0) is 50.2 Å². The van der Waals surface area contributed by atoms with Gasteiger partial charge < -0.3 is 14.6 Å². The van der Waals surface area contributed by atoms with Gasteiger partial charge in [0.2, 0.25) is 5.91 Å². The van der Waals surface area contributed by atoms with Gasteiger partial charge in [-0.15, -0.1) is 0 Å². The van der Waals surface area contributed by atoms with E-state index >= 15 is 0 Å². The first kappa shape index (κ1) is 22.1. The van der Waals surface area contributed by atoms with Crippen molar-refractivity contribution in [1.82, 2.24) is 9.88 Å². The summed E-state index contributed by atoms with van der Waals surface area (Å²) in [7, 11) is 0. The number of hydrogen-bond acceptors (Lipinski definition) is 3.